The van der Waals surface area contributed by atoms with Gasteiger partial charge >= 0.3 is 0 Å². The van der Waals surface area contributed by atoms with Crippen molar-refractivity contribution in [1.29, 1.82) is 0 Å². The second kappa shape index (κ2) is 9.73. The monoisotopic (exact) mass is 340 g/mol. The SMILES string of the molecule is CC1CCCC(NC(=O)C(C)N2CCC(OCCCO)CC2)C1C. The number of aliphatic hydroxyl groups is 1. The Bertz CT molecular complexity index is 383. The summed E-state index contributed by atoms with van der Waals surface area (Å²) in [7, 11) is 0. The minimum absolute atomic E-state index is 0.0622. The summed E-state index contributed by atoms with van der Waals surface area (Å²) in [5.41, 5.74) is 0. The maximum atomic E-state index is 12.6. The van der Waals surface area contributed by atoms with Crippen LogP contribution >= 0.6 is 0 Å². The van der Waals surface area contributed by atoms with Crippen molar-refractivity contribution in [2.24, 2.45) is 11.8 Å². The van der Waals surface area contributed by atoms with E-state index in [1.807, 2.05) is 6.92 Å². The molecule has 1 amide bonds. The van der Waals surface area contributed by atoms with Crippen molar-refractivity contribution in [3.8, 4) is 0 Å². The van der Waals surface area contributed by atoms with Gasteiger partial charge in [0.1, 0.15) is 0 Å². The summed E-state index contributed by atoms with van der Waals surface area (Å²) >= 11 is 0. The number of ether oxygens (including phenoxy) is 1. The summed E-state index contributed by atoms with van der Waals surface area (Å²) in [5.74, 6) is 1.45. The van der Waals surface area contributed by atoms with E-state index in [1.54, 1.807) is 0 Å². The lowest BCUT2D eigenvalue weighted by Gasteiger charge is -2.38. The third kappa shape index (κ3) is 5.43. The first-order chi connectivity index (χ1) is 11.5. The standard InChI is InChI=1S/C19H36N2O3/c1-14-6-4-7-18(15(14)2)20-19(23)16(3)21-10-8-17(9-11-21)24-13-5-12-22/h14-18,22H,4-13H2,1-3H3,(H,20,23). The zero-order valence-electron chi connectivity index (χ0n) is 15.7. The Morgan fingerprint density at radius 2 is 1.96 bits per heavy atom. The van der Waals surface area contributed by atoms with Crippen molar-refractivity contribution in [3.05, 3.63) is 0 Å². The molecule has 0 aromatic rings. The first-order valence-electron chi connectivity index (χ1n) is 9.79. The van der Waals surface area contributed by atoms with Crippen LogP contribution in [0.5, 0.6) is 0 Å². The maximum Gasteiger partial charge on any atom is 0.237 e. The van der Waals surface area contributed by atoms with E-state index in [1.165, 1.54) is 12.8 Å². The molecular weight excluding hydrogens is 304 g/mol. The molecule has 140 valence electrons. The van der Waals surface area contributed by atoms with Gasteiger partial charge in [-0.15, -0.1) is 0 Å². The third-order valence-electron chi connectivity index (χ3n) is 6.09. The van der Waals surface area contributed by atoms with E-state index in [2.05, 4.69) is 24.1 Å². The molecule has 1 saturated carbocycles. The van der Waals surface area contributed by atoms with Crippen LogP contribution in [-0.4, -0.2) is 60.4 Å². The van der Waals surface area contributed by atoms with Gasteiger partial charge in [-0.25, -0.2) is 0 Å². The fourth-order valence-electron chi connectivity index (χ4n) is 4.00. The molecule has 1 heterocycles. The first kappa shape index (κ1) is 19.7. The lowest BCUT2D eigenvalue weighted by Crippen LogP contribution is -2.53. The fraction of sp³-hybridized carbons (Fsp3) is 0.947. The van der Waals surface area contributed by atoms with Crippen LogP contribution < -0.4 is 5.32 Å². The van der Waals surface area contributed by atoms with E-state index in [9.17, 15) is 4.79 Å². The van der Waals surface area contributed by atoms with Crippen molar-refractivity contribution < 1.29 is 14.6 Å². The number of amides is 1. The number of aliphatic hydroxyl groups excluding tert-OH is 1. The zero-order valence-corrected chi connectivity index (χ0v) is 15.7. The second-order valence-corrected chi connectivity index (χ2v) is 7.74. The van der Waals surface area contributed by atoms with Crippen LogP contribution in [0.4, 0.5) is 0 Å². The maximum absolute atomic E-state index is 12.6. The number of carbonyl (C=O) groups excluding carboxylic acids is 1. The van der Waals surface area contributed by atoms with E-state index in [0.29, 0.717) is 30.9 Å². The minimum atomic E-state index is -0.0622. The van der Waals surface area contributed by atoms with Crippen LogP contribution in [0.25, 0.3) is 0 Å². The third-order valence-corrected chi connectivity index (χ3v) is 6.09. The van der Waals surface area contributed by atoms with E-state index in [0.717, 1.165) is 32.4 Å². The number of hydrogen-bond donors (Lipinski definition) is 2. The quantitative estimate of drug-likeness (QED) is 0.697. The number of rotatable bonds is 7. The molecule has 2 N–H and O–H groups in total. The normalized spacial score (nSPS) is 30.9. The highest BCUT2D eigenvalue weighted by Crippen LogP contribution is 2.29. The molecule has 1 saturated heterocycles. The first-order valence-corrected chi connectivity index (χ1v) is 9.79. The van der Waals surface area contributed by atoms with Gasteiger partial charge in [0.05, 0.1) is 12.1 Å². The Hall–Kier alpha value is -0.650. The molecule has 4 unspecified atom stereocenters. The number of hydrogen-bond acceptors (Lipinski definition) is 4. The molecular formula is C19H36N2O3. The highest BCUT2D eigenvalue weighted by molar-refractivity contribution is 5.81. The van der Waals surface area contributed by atoms with Gasteiger partial charge in [-0.2, -0.15) is 0 Å². The summed E-state index contributed by atoms with van der Waals surface area (Å²) in [4.78, 5) is 14.9. The largest absolute Gasteiger partial charge is 0.396 e. The molecule has 1 aliphatic carbocycles. The predicted molar refractivity (Wildman–Crippen MR) is 95.8 cm³/mol. The fourth-order valence-corrected chi connectivity index (χ4v) is 4.00. The Kier molecular flexibility index (Phi) is 7.98. The topological polar surface area (TPSA) is 61.8 Å². The zero-order chi connectivity index (χ0) is 17.5. The highest BCUT2D eigenvalue weighted by Gasteiger charge is 2.32. The lowest BCUT2D eigenvalue weighted by molar-refractivity contribution is -0.128. The number of piperidine rings is 1. The van der Waals surface area contributed by atoms with Gasteiger partial charge in [0, 0.05) is 32.3 Å². The van der Waals surface area contributed by atoms with Crippen LogP contribution in [0.3, 0.4) is 0 Å². The van der Waals surface area contributed by atoms with Gasteiger partial charge in [0.2, 0.25) is 5.91 Å². The minimum Gasteiger partial charge on any atom is -0.396 e. The Morgan fingerprint density at radius 3 is 2.62 bits per heavy atom. The number of carbonyl (C=O) groups is 1. The van der Waals surface area contributed by atoms with Crippen molar-refractivity contribution in [2.75, 3.05) is 26.3 Å². The van der Waals surface area contributed by atoms with Crippen LogP contribution in [0.2, 0.25) is 0 Å². The van der Waals surface area contributed by atoms with Crippen LogP contribution in [-0.2, 0) is 9.53 Å². The average molecular weight is 341 g/mol. The van der Waals surface area contributed by atoms with Crippen molar-refractivity contribution in [2.45, 2.75) is 77.5 Å². The Balaban J connectivity index is 1.73. The number of nitrogens with zero attached hydrogens (tertiary/aromatic N) is 1. The van der Waals surface area contributed by atoms with E-state index in [-0.39, 0.29) is 24.7 Å². The van der Waals surface area contributed by atoms with Crippen molar-refractivity contribution >= 4 is 5.91 Å². The molecule has 5 nitrogen and oxygen atoms in total. The molecule has 0 aromatic carbocycles. The van der Waals surface area contributed by atoms with Gasteiger partial charge in [-0.3, -0.25) is 9.69 Å². The van der Waals surface area contributed by atoms with Gasteiger partial charge in [-0.1, -0.05) is 26.7 Å². The molecule has 0 aromatic heterocycles. The smallest absolute Gasteiger partial charge is 0.237 e. The molecule has 1 aliphatic heterocycles. The van der Waals surface area contributed by atoms with E-state index in [4.69, 9.17) is 9.84 Å². The number of nitrogens with one attached hydrogen (secondary N) is 1. The second-order valence-electron chi connectivity index (χ2n) is 7.74. The summed E-state index contributed by atoms with van der Waals surface area (Å²) in [6, 6.07) is 0.274. The predicted octanol–water partition coefficient (Wildman–Crippen LogP) is 2.18. The Morgan fingerprint density at radius 1 is 1.25 bits per heavy atom. The summed E-state index contributed by atoms with van der Waals surface area (Å²) in [6.07, 6.45) is 6.55. The van der Waals surface area contributed by atoms with Crippen molar-refractivity contribution in [1.82, 2.24) is 10.2 Å². The van der Waals surface area contributed by atoms with Gasteiger partial charge < -0.3 is 15.2 Å². The van der Waals surface area contributed by atoms with Crippen molar-refractivity contribution in [3.63, 3.8) is 0 Å². The molecule has 24 heavy (non-hydrogen) atoms. The average Bonchev–Trinajstić information content (AvgIpc) is 2.59. The molecule has 0 spiro atoms. The molecule has 0 radical (unpaired) electrons. The van der Waals surface area contributed by atoms with Crippen LogP contribution in [0.1, 0.15) is 59.3 Å². The summed E-state index contributed by atoms with van der Waals surface area (Å²) < 4.78 is 5.77. The molecule has 0 bridgehead atoms. The molecule has 2 rings (SSSR count). The van der Waals surface area contributed by atoms with E-state index < -0.39 is 0 Å². The lowest BCUT2D eigenvalue weighted by atomic mass is 9.78. The molecule has 2 fully saturated rings. The number of likely N-dealkylation sites (tertiary alicyclic amines) is 1. The summed E-state index contributed by atoms with van der Waals surface area (Å²) in [5, 5.41) is 12.1. The van der Waals surface area contributed by atoms with Crippen LogP contribution in [0.15, 0.2) is 0 Å². The molecule has 2 aliphatic rings. The molecule has 5 heteroatoms. The summed E-state index contributed by atoms with van der Waals surface area (Å²) in [6.45, 7) is 9.25. The van der Waals surface area contributed by atoms with Gasteiger partial charge in [-0.05, 0) is 44.4 Å². The van der Waals surface area contributed by atoms with E-state index >= 15 is 0 Å². The molecule has 4 atom stereocenters. The highest BCUT2D eigenvalue weighted by atomic mass is 16.5. The van der Waals surface area contributed by atoms with Gasteiger partial charge in [0.15, 0.2) is 0 Å². The van der Waals surface area contributed by atoms with Gasteiger partial charge in [0.25, 0.3) is 0 Å². The Labute approximate surface area is 147 Å². The van der Waals surface area contributed by atoms with Crippen LogP contribution in [0, 0.1) is 11.8 Å².